The van der Waals surface area contributed by atoms with E-state index in [4.69, 9.17) is 15.0 Å². The van der Waals surface area contributed by atoms with Crippen LogP contribution in [0.15, 0.2) is 4.52 Å². The zero-order valence-electron chi connectivity index (χ0n) is 9.93. The van der Waals surface area contributed by atoms with Gasteiger partial charge >= 0.3 is 0 Å². The van der Waals surface area contributed by atoms with Gasteiger partial charge in [0, 0.05) is 6.61 Å². The van der Waals surface area contributed by atoms with E-state index in [2.05, 4.69) is 14.5 Å². The number of anilines is 1. The Balaban J connectivity index is 2.30. The second-order valence-corrected chi connectivity index (χ2v) is 4.37. The van der Waals surface area contributed by atoms with Crippen LogP contribution >= 0.6 is 11.5 Å². The summed E-state index contributed by atoms with van der Waals surface area (Å²) in [6, 6.07) is 0. The van der Waals surface area contributed by atoms with Gasteiger partial charge in [0.1, 0.15) is 11.1 Å². The number of aromatic nitrogens is 3. The van der Waals surface area contributed by atoms with E-state index < -0.39 is 0 Å². The van der Waals surface area contributed by atoms with Crippen molar-refractivity contribution in [1.82, 2.24) is 14.5 Å². The first-order chi connectivity index (χ1) is 8.13. The van der Waals surface area contributed by atoms with Crippen LogP contribution in [0, 0.1) is 6.92 Å². The van der Waals surface area contributed by atoms with E-state index in [1.54, 1.807) is 0 Å². The SMILES string of the molecule is CCOC(C)c1noc(-c2c(C)nsc2N)n1. The molecule has 0 bridgehead atoms. The largest absolute Gasteiger partial charge is 0.389 e. The normalized spacial score (nSPS) is 12.9. The van der Waals surface area contributed by atoms with Crippen LogP contribution in [0.2, 0.25) is 0 Å². The Labute approximate surface area is 103 Å². The summed E-state index contributed by atoms with van der Waals surface area (Å²) in [7, 11) is 0. The molecule has 7 heteroatoms. The maximum Gasteiger partial charge on any atom is 0.262 e. The molecule has 2 aromatic heterocycles. The Hall–Kier alpha value is -1.47. The van der Waals surface area contributed by atoms with Crippen LogP contribution in [0.3, 0.4) is 0 Å². The minimum absolute atomic E-state index is 0.189. The van der Waals surface area contributed by atoms with Gasteiger partial charge in [0.25, 0.3) is 5.89 Å². The summed E-state index contributed by atoms with van der Waals surface area (Å²) in [5.41, 5.74) is 7.33. The van der Waals surface area contributed by atoms with Crippen LogP contribution in [0.1, 0.15) is 31.5 Å². The van der Waals surface area contributed by atoms with Crippen molar-refractivity contribution in [3.8, 4) is 11.5 Å². The number of nitrogens with two attached hydrogens (primary N) is 1. The average Bonchev–Trinajstić information content (AvgIpc) is 2.86. The van der Waals surface area contributed by atoms with Crippen molar-refractivity contribution in [2.24, 2.45) is 0 Å². The molecule has 0 radical (unpaired) electrons. The number of nitrogen functional groups attached to an aromatic ring is 1. The molecule has 0 aliphatic heterocycles. The molecule has 1 atom stereocenters. The second-order valence-electron chi connectivity index (χ2n) is 3.56. The molecular weight excluding hydrogens is 240 g/mol. The number of nitrogens with zero attached hydrogens (tertiary/aromatic N) is 3. The Bertz CT molecular complexity index is 489. The number of rotatable bonds is 4. The smallest absolute Gasteiger partial charge is 0.262 e. The zero-order valence-corrected chi connectivity index (χ0v) is 10.7. The lowest BCUT2D eigenvalue weighted by atomic mass is 10.2. The fraction of sp³-hybridized carbons (Fsp3) is 0.500. The molecule has 17 heavy (non-hydrogen) atoms. The van der Waals surface area contributed by atoms with Crippen molar-refractivity contribution in [3.63, 3.8) is 0 Å². The minimum Gasteiger partial charge on any atom is -0.389 e. The van der Waals surface area contributed by atoms with Gasteiger partial charge in [-0.2, -0.15) is 9.36 Å². The van der Waals surface area contributed by atoms with Gasteiger partial charge in [0.15, 0.2) is 0 Å². The third-order valence-corrected chi connectivity index (χ3v) is 3.09. The highest BCUT2D eigenvalue weighted by atomic mass is 32.1. The van der Waals surface area contributed by atoms with Gasteiger partial charge in [0.05, 0.1) is 11.3 Å². The summed E-state index contributed by atoms with van der Waals surface area (Å²) in [5.74, 6) is 0.919. The Morgan fingerprint density at radius 3 is 2.88 bits per heavy atom. The maximum atomic E-state index is 5.81. The minimum atomic E-state index is -0.189. The van der Waals surface area contributed by atoms with E-state index in [9.17, 15) is 0 Å². The van der Waals surface area contributed by atoms with Crippen molar-refractivity contribution in [3.05, 3.63) is 11.5 Å². The Kier molecular flexibility index (Phi) is 3.39. The van der Waals surface area contributed by atoms with Crippen LogP contribution in [0.5, 0.6) is 0 Å². The Morgan fingerprint density at radius 1 is 1.53 bits per heavy atom. The molecule has 1 unspecified atom stereocenters. The first kappa shape index (κ1) is 12.0. The molecule has 2 N–H and O–H groups in total. The summed E-state index contributed by atoms with van der Waals surface area (Å²) in [5, 5.41) is 4.47. The van der Waals surface area contributed by atoms with Crippen molar-refractivity contribution >= 4 is 16.5 Å². The van der Waals surface area contributed by atoms with E-state index in [0.29, 0.717) is 23.3 Å². The van der Waals surface area contributed by atoms with Gasteiger partial charge in [-0.05, 0) is 32.3 Å². The molecule has 2 rings (SSSR count). The molecule has 2 heterocycles. The first-order valence-corrected chi connectivity index (χ1v) is 6.08. The van der Waals surface area contributed by atoms with Crippen LogP contribution in [-0.2, 0) is 4.74 Å². The number of aryl methyl sites for hydroxylation is 1. The topological polar surface area (TPSA) is 87.1 Å². The molecule has 0 spiro atoms. The van der Waals surface area contributed by atoms with Gasteiger partial charge in [-0.15, -0.1) is 0 Å². The molecule has 0 saturated heterocycles. The summed E-state index contributed by atoms with van der Waals surface area (Å²) in [6.45, 7) is 6.26. The van der Waals surface area contributed by atoms with Gasteiger partial charge in [-0.25, -0.2) is 0 Å². The summed E-state index contributed by atoms with van der Waals surface area (Å²) in [4.78, 5) is 4.28. The van der Waals surface area contributed by atoms with Crippen LogP contribution in [0.25, 0.3) is 11.5 Å². The second kappa shape index (κ2) is 4.80. The van der Waals surface area contributed by atoms with Gasteiger partial charge < -0.3 is 15.0 Å². The molecular formula is C10H14N4O2S. The predicted octanol–water partition coefficient (Wildman–Crippen LogP) is 2.18. The van der Waals surface area contributed by atoms with E-state index in [1.807, 2.05) is 20.8 Å². The predicted molar refractivity (Wildman–Crippen MR) is 64.6 cm³/mol. The van der Waals surface area contributed by atoms with Crippen molar-refractivity contribution in [1.29, 1.82) is 0 Å². The van der Waals surface area contributed by atoms with Crippen molar-refractivity contribution < 1.29 is 9.26 Å². The average molecular weight is 254 g/mol. The van der Waals surface area contributed by atoms with Gasteiger partial charge in [-0.3, -0.25) is 0 Å². The van der Waals surface area contributed by atoms with Crippen LogP contribution in [0.4, 0.5) is 5.00 Å². The molecule has 0 saturated carbocycles. The number of hydrogen-bond donors (Lipinski definition) is 1. The van der Waals surface area contributed by atoms with E-state index >= 15 is 0 Å². The van der Waals surface area contributed by atoms with Crippen molar-refractivity contribution in [2.75, 3.05) is 12.3 Å². The van der Waals surface area contributed by atoms with Crippen LogP contribution < -0.4 is 5.73 Å². The van der Waals surface area contributed by atoms with Crippen LogP contribution in [-0.4, -0.2) is 21.1 Å². The monoisotopic (exact) mass is 254 g/mol. The molecule has 0 aromatic carbocycles. The van der Waals surface area contributed by atoms with Gasteiger partial charge in [-0.1, -0.05) is 5.16 Å². The highest BCUT2D eigenvalue weighted by Crippen LogP contribution is 2.31. The fourth-order valence-corrected chi connectivity index (χ4v) is 2.13. The molecule has 6 nitrogen and oxygen atoms in total. The summed E-state index contributed by atoms with van der Waals surface area (Å²) < 4.78 is 14.7. The van der Waals surface area contributed by atoms with Gasteiger partial charge in [0.2, 0.25) is 5.82 Å². The quantitative estimate of drug-likeness (QED) is 0.899. The standard InChI is InChI=1S/C10H14N4O2S/c1-4-15-6(3)9-12-10(16-13-9)7-5(2)14-17-8(7)11/h6H,4,11H2,1-3H3. The highest BCUT2D eigenvalue weighted by Gasteiger charge is 2.19. The Morgan fingerprint density at radius 2 is 2.29 bits per heavy atom. The summed E-state index contributed by atoms with van der Waals surface area (Å²) in [6.07, 6.45) is -0.189. The lowest BCUT2D eigenvalue weighted by molar-refractivity contribution is 0.0683. The first-order valence-electron chi connectivity index (χ1n) is 5.30. The third-order valence-electron chi connectivity index (χ3n) is 2.33. The third kappa shape index (κ3) is 2.29. The lowest BCUT2D eigenvalue weighted by Gasteiger charge is -2.04. The summed E-state index contributed by atoms with van der Waals surface area (Å²) >= 11 is 1.22. The van der Waals surface area contributed by atoms with E-state index in [-0.39, 0.29) is 6.10 Å². The van der Waals surface area contributed by atoms with E-state index in [1.165, 1.54) is 11.5 Å². The zero-order chi connectivity index (χ0) is 12.4. The van der Waals surface area contributed by atoms with Crippen molar-refractivity contribution in [2.45, 2.75) is 26.9 Å². The molecule has 0 fully saturated rings. The molecule has 0 aliphatic carbocycles. The molecule has 2 aromatic rings. The fourth-order valence-electron chi connectivity index (χ4n) is 1.47. The molecule has 92 valence electrons. The number of hydrogen-bond acceptors (Lipinski definition) is 7. The maximum absolute atomic E-state index is 5.81. The highest BCUT2D eigenvalue weighted by molar-refractivity contribution is 7.10. The number of ether oxygens (including phenoxy) is 1. The molecule has 0 aliphatic rings. The lowest BCUT2D eigenvalue weighted by Crippen LogP contribution is -2.01. The van der Waals surface area contributed by atoms with E-state index in [0.717, 1.165) is 11.3 Å². The molecule has 0 amide bonds.